The van der Waals surface area contributed by atoms with Gasteiger partial charge in [0.05, 0.1) is 0 Å². The van der Waals surface area contributed by atoms with Gasteiger partial charge in [-0.1, -0.05) is 31.2 Å². The second-order valence-electron chi connectivity index (χ2n) is 5.31. The van der Waals surface area contributed by atoms with E-state index in [2.05, 4.69) is 5.32 Å². The van der Waals surface area contributed by atoms with Crippen molar-refractivity contribution in [2.75, 3.05) is 0 Å². The van der Waals surface area contributed by atoms with Crippen molar-refractivity contribution >= 4 is 23.4 Å². The van der Waals surface area contributed by atoms with E-state index >= 15 is 0 Å². The van der Waals surface area contributed by atoms with Crippen LogP contribution in [0, 0.1) is 11.8 Å². The topological polar surface area (TPSA) is 80.3 Å². The van der Waals surface area contributed by atoms with E-state index in [1.807, 2.05) is 0 Å². The average Bonchev–Trinajstić information content (AvgIpc) is 2.45. The zero-order valence-corrected chi connectivity index (χ0v) is 12.0. The van der Waals surface area contributed by atoms with Crippen molar-refractivity contribution in [2.45, 2.75) is 26.7 Å². The van der Waals surface area contributed by atoms with Crippen LogP contribution in [0.5, 0.6) is 0 Å². The first kappa shape index (κ1) is 15.1. The summed E-state index contributed by atoms with van der Waals surface area (Å²) in [7, 11) is 0. The number of piperidine rings is 1. The van der Waals surface area contributed by atoms with E-state index in [4.69, 9.17) is 0 Å². The number of imide groups is 1. The first-order valence-electron chi connectivity index (χ1n) is 6.89. The summed E-state index contributed by atoms with van der Waals surface area (Å²) in [5.74, 6) is -2.24. The second kappa shape index (κ2) is 5.99. The molecule has 2 amide bonds. The number of carbonyl (C=O) groups is 4. The van der Waals surface area contributed by atoms with Crippen molar-refractivity contribution in [3.05, 3.63) is 35.4 Å². The van der Waals surface area contributed by atoms with Gasteiger partial charge in [0.1, 0.15) is 0 Å². The summed E-state index contributed by atoms with van der Waals surface area (Å²) in [6, 6.07) is 6.59. The van der Waals surface area contributed by atoms with E-state index < -0.39 is 17.7 Å². The zero-order valence-electron chi connectivity index (χ0n) is 12.0. The van der Waals surface area contributed by atoms with Gasteiger partial charge in [0.2, 0.25) is 11.8 Å². The molecule has 1 heterocycles. The second-order valence-corrected chi connectivity index (χ2v) is 5.31. The predicted octanol–water partition coefficient (Wildman–Crippen LogP) is 1.76. The Hall–Kier alpha value is -2.30. The van der Waals surface area contributed by atoms with Crippen LogP contribution in [0.15, 0.2) is 24.3 Å². The minimum absolute atomic E-state index is 0.186. The molecule has 0 bridgehead atoms. The van der Waals surface area contributed by atoms with Crippen LogP contribution in [-0.2, 0) is 9.59 Å². The Bertz CT molecular complexity index is 620. The molecular formula is C16H17NO4. The van der Waals surface area contributed by atoms with Gasteiger partial charge in [-0.15, -0.1) is 0 Å². The third-order valence-corrected chi connectivity index (χ3v) is 3.87. The largest absolute Gasteiger partial charge is 0.296 e. The van der Waals surface area contributed by atoms with Crippen LogP contribution in [0.25, 0.3) is 0 Å². The minimum atomic E-state index is -0.571. The zero-order chi connectivity index (χ0) is 15.6. The first-order valence-corrected chi connectivity index (χ1v) is 6.89. The van der Waals surface area contributed by atoms with Gasteiger partial charge < -0.3 is 0 Å². The number of hydrogen-bond acceptors (Lipinski definition) is 4. The van der Waals surface area contributed by atoms with Crippen molar-refractivity contribution in [3.63, 3.8) is 0 Å². The lowest BCUT2D eigenvalue weighted by molar-refractivity contribution is -0.137. The Kier molecular flexibility index (Phi) is 4.31. The van der Waals surface area contributed by atoms with E-state index in [0.717, 1.165) is 0 Å². The molecule has 1 aliphatic heterocycles. The fraction of sp³-hybridized carbons (Fsp3) is 0.375. The number of carbonyl (C=O) groups excluding carboxylic acids is 4. The molecule has 1 aromatic rings. The van der Waals surface area contributed by atoms with Crippen molar-refractivity contribution in [1.82, 2.24) is 5.32 Å². The highest BCUT2D eigenvalue weighted by atomic mass is 16.2. The van der Waals surface area contributed by atoms with E-state index in [-0.39, 0.29) is 23.9 Å². The number of benzene rings is 1. The summed E-state index contributed by atoms with van der Waals surface area (Å²) in [6.07, 6.45) is 0.599. The lowest BCUT2D eigenvalue weighted by Crippen LogP contribution is -2.44. The van der Waals surface area contributed by atoms with Crippen molar-refractivity contribution in [2.24, 2.45) is 11.8 Å². The quantitative estimate of drug-likeness (QED) is 0.676. The van der Waals surface area contributed by atoms with Gasteiger partial charge >= 0.3 is 0 Å². The summed E-state index contributed by atoms with van der Waals surface area (Å²) in [5, 5.41) is 2.26. The Balaban J connectivity index is 2.26. The summed E-state index contributed by atoms with van der Waals surface area (Å²) in [4.78, 5) is 47.2. The van der Waals surface area contributed by atoms with Crippen LogP contribution in [0.2, 0.25) is 0 Å². The Morgan fingerprint density at radius 3 is 2.38 bits per heavy atom. The smallest absolute Gasteiger partial charge is 0.230 e. The van der Waals surface area contributed by atoms with Gasteiger partial charge in [0.15, 0.2) is 11.6 Å². The molecule has 2 atom stereocenters. The Morgan fingerprint density at radius 1 is 1.19 bits per heavy atom. The Morgan fingerprint density at radius 2 is 1.81 bits per heavy atom. The molecule has 1 aliphatic rings. The molecule has 0 spiro atoms. The van der Waals surface area contributed by atoms with Crippen LogP contribution in [0.4, 0.5) is 0 Å². The standard InChI is InChI=1S/C16H17NO4/c1-9(11-7-8-14(19)17-16(11)21)15(20)13-6-4-3-5-12(13)10(2)18/h3-6,9,11H,7-8H2,1-2H3,(H,17,19,21). The van der Waals surface area contributed by atoms with Gasteiger partial charge in [-0.05, 0) is 13.3 Å². The lowest BCUT2D eigenvalue weighted by atomic mass is 9.81. The van der Waals surface area contributed by atoms with E-state index in [1.54, 1.807) is 31.2 Å². The molecule has 1 aromatic carbocycles. The lowest BCUT2D eigenvalue weighted by Gasteiger charge is -2.25. The predicted molar refractivity (Wildman–Crippen MR) is 75.8 cm³/mol. The summed E-state index contributed by atoms with van der Waals surface area (Å²) < 4.78 is 0. The summed E-state index contributed by atoms with van der Waals surface area (Å²) >= 11 is 0. The molecular weight excluding hydrogens is 270 g/mol. The van der Waals surface area contributed by atoms with Crippen molar-refractivity contribution < 1.29 is 19.2 Å². The van der Waals surface area contributed by atoms with Crippen molar-refractivity contribution in [1.29, 1.82) is 0 Å². The number of amides is 2. The monoisotopic (exact) mass is 287 g/mol. The van der Waals surface area contributed by atoms with E-state index in [1.165, 1.54) is 6.92 Å². The molecule has 0 aliphatic carbocycles. The number of rotatable bonds is 4. The first-order chi connectivity index (χ1) is 9.91. The molecule has 1 saturated heterocycles. The van der Waals surface area contributed by atoms with Gasteiger partial charge in [0.25, 0.3) is 0 Å². The van der Waals surface area contributed by atoms with E-state index in [9.17, 15) is 19.2 Å². The molecule has 110 valence electrons. The number of ketones is 2. The molecule has 0 aromatic heterocycles. The van der Waals surface area contributed by atoms with Crippen LogP contribution in [0.1, 0.15) is 47.4 Å². The highest BCUT2D eigenvalue weighted by Gasteiger charge is 2.35. The normalized spacial score (nSPS) is 19.8. The van der Waals surface area contributed by atoms with Crippen LogP contribution < -0.4 is 5.32 Å². The van der Waals surface area contributed by atoms with Crippen LogP contribution >= 0.6 is 0 Å². The molecule has 0 saturated carbocycles. The molecule has 0 radical (unpaired) electrons. The fourth-order valence-electron chi connectivity index (χ4n) is 2.62. The SMILES string of the molecule is CC(=O)c1ccccc1C(=O)C(C)C1CCC(=O)NC1=O. The molecule has 2 rings (SSSR count). The van der Waals surface area contributed by atoms with Gasteiger partial charge in [0, 0.05) is 29.4 Å². The molecule has 1 N–H and O–H groups in total. The Labute approximate surface area is 122 Å². The molecule has 5 nitrogen and oxygen atoms in total. The van der Waals surface area contributed by atoms with Crippen LogP contribution in [0.3, 0.4) is 0 Å². The van der Waals surface area contributed by atoms with E-state index in [0.29, 0.717) is 17.5 Å². The maximum Gasteiger partial charge on any atom is 0.230 e. The highest BCUT2D eigenvalue weighted by Crippen LogP contribution is 2.26. The van der Waals surface area contributed by atoms with Gasteiger partial charge in [-0.25, -0.2) is 0 Å². The number of Topliss-reactive ketones (excluding diaryl/α,β-unsaturated/α-hetero) is 2. The van der Waals surface area contributed by atoms with Gasteiger partial charge in [-0.3, -0.25) is 24.5 Å². The summed E-state index contributed by atoms with van der Waals surface area (Å²) in [6.45, 7) is 3.07. The molecule has 2 unspecified atom stereocenters. The highest BCUT2D eigenvalue weighted by molar-refractivity contribution is 6.10. The average molecular weight is 287 g/mol. The maximum atomic E-state index is 12.6. The molecule has 1 fully saturated rings. The maximum absolute atomic E-state index is 12.6. The number of hydrogen-bond donors (Lipinski definition) is 1. The molecule has 5 heteroatoms. The third-order valence-electron chi connectivity index (χ3n) is 3.87. The summed E-state index contributed by atoms with van der Waals surface area (Å²) in [5.41, 5.74) is 0.698. The third kappa shape index (κ3) is 3.07. The van der Waals surface area contributed by atoms with Gasteiger partial charge in [-0.2, -0.15) is 0 Å². The van der Waals surface area contributed by atoms with Crippen LogP contribution in [-0.4, -0.2) is 23.4 Å². The molecule has 21 heavy (non-hydrogen) atoms. The number of nitrogens with one attached hydrogen (secondary N) is 1. The minimum Gasteiger partial charge on any atom is -0.296 e. The van der Waals surface area contributed by atoms with Crippen molar-refractivity contribution in [3.8, 4) is 0 Å². The fourth-order valence-corrected chi connectivity index (χ4v) is 2.62.